The first kappa shape index (κ1) is 16.5. The Bertz CT molecular complexity index is 427. The van der Waals surface area contributed by atoms with E-state index in [1.54, 1.807) is 0 Å². The first-order valence-corrected chi connectivity index (χ1v) is 7.12. The number of nitrogens with one attached hydrogen (secondary N) is 1. The number of aryl methyl sites for hydroxylation is 1. The Kier molecular flexibility index (Phi) is 6.30. The van der Waals surface area contributed by atoms with Crippen molar-refractivity contribution < 1.29 is 4.79 Å². The second-order valence-electron chi connectivity index (χ2n) is 4.91. The standard InChI is InChI=1S/C14H19BrN2O.ClH/c1-10-7-11(9-12(15)8-10)14(18)17(2)13-3-5-16-6-4-13;/h7-9,13,16H,3-6H2,1-2H3;1H. The van der Waals surface area contributed by atoms with Crippen molar-refractivity contribution in [3.8, 4) is 0 Å². The van der Waals surface area contributed by atoms with E-state index in [0.29, 0.717) is 6.04 Å². The Morgan fingerprint density at radius 1 is 1.32 bits per heavy atom. The summed E-state index contributed by atoms with van der Waals surface area (Å²) >= 11 is 3.45. The highest BCUT2D eigenvalue weighted by molar-refractivity contribution is 9.10. The fourth-order valence-corrected chi connectivity index (χ4v) is 3.03. The minimum atomic E-state index is 0. The molecule has 0 radical (unpaired) electrons. The zero-order valence-corrected chi connectivity index (χ0v) is 13.7. The average Bonchev–Trinajstić information content (AvgIpc) is 2.37. The van der Waals surface area contributed by atoms with E-state index in [9.17, 15) is 4.79 Å². The summed E-state index contributed by atoms with van der Waals surface area (Å²) < 4.78 is 0.963. The van der Waals surface area contributed by atoms with Gasteiger partial charge in [0, 0.05) is 23.1 Å². The lowest BCUT2D eigenvalue weighted by Gasteiger charge is -2.31. The van der Waals surface area contributed by atoms with Crippen molar-refractivity contribution in [1.29, 1.82) is 0 Å². The first-order chi connectivity index (χ1) is 8.58. The highest BCUT2D eigenvalue weighted by Crippen LogP contribution is 2.19. The zero-order chi connectivity index (χ0) is 13.1. The second-order valence-corrected chi connectivity index (χ2v) is 5.83. The van der Waals surface area contributed by atoms with Gasteiger partial charge in [-0.15, -0.1) is 12.4 Å². The molecule has 0 aliphatic carbocycles. The number of carbonyl (C=O) groups is 1. The number of rotatable bonds is 2. The van der Waals surface area contributed by atoms with Crippen molar-refractivity contribution in [2.75, 3.05) is 20.1 Å². The van der Waals surface area contributed by atoms with Crippen LogP contribution in [0, 0.1) is 6.92 Å². The van der Waals surface area contributed by atoms with Crippen LogP contribution in [0.5, 0.6) is 0 Å². The van der Waals surface area contributed by atoms with E-state index in [2.05, 4.69) is 21.2 Å². The second kappa shape index (κ2) is 7.27. The molecule has 2 rings (SSSR count). The van der Waals surface area contributed by atoms with E-state index in [0.717, 1.165) is 41.5 Å². The van der Waals surface area contributed by atoms with Crippen molar-refractivity contribution in [1.82, 2.24) is 10.2 Å². The Labute approximate surface area is 129 Å². The van der Waals surface area contributed by atoms with Gasteiger partial charge in [-0.25, -0.2) is 0 Å². The minimum absolute atomic E-state index is 0. The van der Waals surface area contributed by atoms with Crippen molar-refractivity contribution in [2.24, 2.45) is 0 Å². The van der Waals surface area contributed by atoms with Crippen LogP contribution in [0.1, 0.15) is 28.8 Å². The van der Waals surface area contributed by atoms with Crippen molar-refractivity contribution >= 4 is 34.2 Å². The molecule has 1 saturated heterocycles. The van der Waals surface area contributed by atoms with Crippen LogP contribution in [-0.4, -0.2) is 37.0 Å². The highest BCUT2D eigenvalue weighted by atomic mass is 79.9. The lowest BCUT2D eigenvalue weighted by molar-refractivity contribution is 0.0703. The lowest BCUT2D eigenvalue weighted by atomic mass is 10.0. The molecule has 1 aliphatic heterocycles. The maximum Gasteiger partial charge on any atom is 0.253 e. The maximum atomic E-state index is 12.4. The molecule has 3 nitrogen and oxygen atoms in total. The van der Waals surface area contributed by atoms with Gasteiger partial charge in [0.2, 0.25) is 0 Å². The SMILES string of the molecule is Cc1cc(Br)cc(C(=O)N(C)C2CCNCC2)c1.Cl. The molecule has 1 fully saturated rings. The lowest BCUT2D eigenvalue weighted by Crippen LogP contribution is -2.43. The molecule has 1 aromatic carbocycles. The van der Waals surface area contributed by atoms with Gasteiger partial charge in [0.05, 0.1) is 0 Å². The van der Waals surface area contributed by atoms with Gasteiger partial charge in [0.15, 0.2) is 0 Å². The van der Waals surface area contributed by atoms with Gasteiger partial charge < -0.3 is 10.2 Å². The van der Waals surface area contributed by atoms with Gasteiger partial charge >= 0.3 is 0 Å². The third kappa shape index (κ3) is 4.20. The highest BCUT2D eigenvalue weighted by Gasteiger charge is 2.22. The van der Waals surface area contributed by atoms with Crippen LogP contribution < -0.4 is 5.32 Å². The number of piperidine rings is 1. The molecule has 0 saturated carbocycles. The van der Waals surface area contributed by atoms with Gasteiger partial charge in [-0.1, -0.05) is 15.9 Å². The number of benzene rings is 1. The van der Waals surface area contributed by atoms with Crippen molar-refractivity contribution in [3.05, 3.63) is 33.8 Å². The molecule has 1 aromatic rings. The van der Waals surface area contributed by atoms with E-state index in [4.69, 9.17) is 0 Å². The molecule has 19 heavy (non-hydrogen) atoms. The van der Waals surface area contributed by atoms with Crippen LogP contribution >= 0.6 is 28.3 Å². The van der Waals surface area contributed by atoms with Crippen LogP contribution in [0.15, 0.2) is 22.7 Å². The summed E-state index contributed by atoms with van der Waals surface area (Å²) in [5, 5.41) is 3.32. The smallest absolute Gasteiger partial charge is 0.253 e. The first-order valence-electron chi connectivity index (χ1n) is 6.33. The van der Waals surface area contributed by atoms with E-state index < -0.39 is 0 Å². The zero-order valence-electron chi connectivity index (χ0n) is 11.3. The van der Waals surface area contributed by atoms with Gasteiger partial charge in [-0.2, -0.15) is 0 Å². The summed E-state index contributed by atoms with van der Waals surface area (Å²) in [7, 11) is 1.91. The number of hydrogen-bond donors (Lipinski definition) is 1. The third-order valence-electron chi connectivity index (χ3n) is 3.47. The summed E-state index contributed by atoms with van der Waals surface area (Å²) in [6.07, 6.45) is 2.07. The molecule has 5 heteroatoms. The fraction of sp³-hybridized carbons (Fsp3) is 0.500. The number of carbonyl (C=O) groups excluding carboxylic acids is 1. The average molecular weight is 348 g/mol. The monoisotopic (exact) mass is 346 g/mol. The number of halogens is 2. The van der Waals surface area contributed by atoms with Gasteiger partial charge in [0.1, 0.15) is 0 Å². The molecule has 1 aliphatic rings. The molecule has 0 atom stereocenters. The normalized spacial score (nSPS) is 15.7. The largest absolute Gasteiger partial charge is 0.339 e. The minimum Gasteiger partial charge on any atom is -0.339 e. The maximum absolute atomic E-state index is 12.4. The summed E-state index contributed by atoms with van der Waals surface area (Å²) in [6.45, 7) is 4.01. The van der Waals surface area contributed by atoms with E-state index >= 15 is 0 Å². The third-order valence-corrected chi connectivity index (χ3v) is 3.92. The predicted octanol–water partition coefficient (Wildman–Crippen LogP) is 3.00. The Balaban J connectivity index is 0.00000180. The van der Waals surface area contributed by atoms with Crippen LogP contribution in [0.2, 0.25) is 0 Å². The molecule has 1 N–H and O–H groups in total. The van der Waals surface area contributed by atoms with Crippen LogP contribution in [0.3, 0.4) is 0 Å². The van der Waals surface area contributed by atoms with Gasteiger partial charge in [0.25, 0.3) is 5.91 Å². The molecule has 0 aromatic heterocycles. The Morgan fingerprint density at radius 3 is 2.53 bits per heavy atom. The summed E-state index contributed by atoms with van der Waals surface area (Å²) in [6, 6.07) is 6.22. The number of nitrogens with zero attached hydrogens (tertiary/aromatic N) is 1. The van der Waals surface area contributed by atoms with E-state index in [-0.39, 0.29) is 18.3 Å². The van der Waals surface area contributed by atoms with E-state index in [1.807, 2.05) is 37.1 Å². The summed E-state index contributed by atoms with van der Waals surface area (Å²) in [5.41, 5.74) is 1.87. The summed E-state index contributed by atoms with van der Waals surface area (Å²) in [5.74, 6) is 0.117. The molecule has 1 amide bonds. The molecular weight excluding hydrogens is 328 g/mol. The van der Waals surface area contributed by atoms with E-state index in [1.165, 1.54) is 0 Å². The molecule has 0 bridgehead atoms. The molecular formula is C14H20BrClN2O. The van der Waals surface area contributed by atoms with Gasteiger partial charge in [-0.05, 0) is 56.6 Å². The summed E-state index contributed by atoms with van der Waals surface area (Å²) in [4.78, 5) is 14.3. The Morgan fingerprint density at radius 2 is 1.95 bits per heavy atom. The van der Waals surface area contributed by atoms with Crippen molar-refractivity contribution in [2.45, 2.75) is 25.8 Å². The van der Waals surface area contributed by atoms with Crippen molar-refractivity contribution in [3.63, 3.8) is 0 Å². The molecule has 0 unspecified atom stereocenters. The van der Waals surface area contributed by atoms with Crippen LogP contribution in [0.4, 0.5) is 0 Å². The Hall–Kier alpha value is -0.580. The van der Waals surface area contributed by atoms with Gasteiger partial charge in [-0.3, -0.25) is 4.79 Å². The van der Waals surface area contributed by atoms with Crippen LogP contribution in [-0.2, 0) is 0 Å². The quantitative estimate of drug-likeness (QED) is 0.892. The molecule has 1 heterocycles. The van der Waals surface area contributed by atoms with Crippen LogP contribution in [0.25, 0.3) is 0 Å². The fourth-order valence-electron chi connectivity index (χ4n) is 2.42. The molecule has 106 valence electrons. The topological polar surface area (TPSA) is 32.3 Å². The number of amides is 1. The number of hydrogen-bond acceptors (Lipinski definition) is 2. The molecule has 0 spiro atoms. The predicted molar refractivity (Wildman–Crippen MR) is 84.1 cm³/mol.